The van der Waals surface area contributed by atoms with Gasteiger partial charge in [-0.3, -0.25) is 0 Å². The van der Waals surface area contributed by atoms with Crippen LogP contribution in [0.2, 0.25) is 0 Å². The third kappa shape index (κ3) is 1.93. The summed E-state index contributed by atoms with van der Waals surface area (Å²) < 4.78 is 0. The van der Waals surface area contributed by atoms with Gasteiger partial charge in [0.1, 0.15) is 11.9 Å². The Kier molecular flexibility index (Phi) is 2.37. The van der Waals surface area contributed by atoms with Gasteiger partial charge in [0.25, 0.3) is 0 Å². The minimum atomic E-state index is -0.558. The number of nitrogens with one attached hydrogen (secondary N) is 1. The summed E-state index contributed by atoms with van der Waals surface area (Å²) in [6, 6.07) is 0. The molecule has 1 atom stereocenters. The fraction of sp³-hybridized carbons (Fsp3) is 0.250. The van der Waals surface area contributed by atoms with Gasteiger partial charge in [-0.25, -0.2) is 9.97 Å². The summed E-state index contributed by atoms with van der Waals surface area (Å²) in [5.74, 6) is 0.778. The lowest BCUT2D eigenvalue weighted by atomic mass is 10.2. The first-order valence-corrected chi connectivity index (χ1v) is 4.85. The van der Waals surface area contributed by atoms with E-state index in [2.05, 4.69) is 15.0 Å². The maximum Gasteiger partial charge on any atom is 0.109 e. The van der Waals surface area contributed by atoms with Crippen molar-refractivity contribution in [3.63, 3.8) is 0 Å². The van der Waals surface area contributed by atoms with Gasteiger partial charge in [0, 0.05) is 24.2 Å². The number of aliphatic hydroxyl groups is 1. The molecule has 68 valence electrons. The molecule has 0 spiro atoms. The van der Waals surface area contributed by atoms with Crippen molar-refractivity contribution in [2.24, 2.45) is 0 Å². The summed E-state index contributed by atoms with van der Waals surface area (Å²) in [5.41, 5.74) is 2.42. The molecule has 0 saturated heterocycles. The number of nitrogens with zero attached hydrogens (tertiary/aromatic N) is 2. The number of aromatic amines is 1. The van der Waals surface area contributed by atoms with Crippen molar-refractivity contribution in [3.05, 3.63) is 34.8 Å². The van der Waals surface area contributed by atoms with Crippen LogP contribution in [-0.2, 0) is 6.42 Å². The maximum atomic E-state index is 9.67. The van der Waals surface area contributed by atoms with Crippen molar-refractivity contribution in [3.8, 4) is 0 Å². The first kappa shape index (κ1) is 8.40. The molecule has 4 nitrogen and oxygen atoms in total. The minimum Gasteiger partial charge on any atom is -0.386 e. The predicted octanol–water partition coefficient (Wildman–Crippen LogP) is 1.14. The fourth-order valence-corrected chi connectivity index (χ4v) is 1.68. The van der Waals surface area contributed by atoms with Crippen LogP contribution in [0.4, 0.5) is 0 Å². The van der Waals surface area contributed by atoms with Crippen LogP contribution < -0.4 is 0 Å². The zero-order chi connectivity index (χ0) is 9.10. The van der Waals surface area contributed by atoms with E-state index in [0.717, 1.165) is 5.82 Å². The predicted molar refractivity (Wildman–Crippen MR) is 49.4 cm³/mol. The zero-order valence-electron chi connectivity index (χ0n) is 6.84. The number of imidazole rings is 1. The van der Waals surface area contributed by atoms with E-state index in [1.165, 1.54) is 11.3 Å². The summed E-state index contributed by atoms with van der Waals surface area (Å²) in [7, 11) is 0. The van der Waals surface area contributed by atoms with Gasteiger partial charge in [0.15, 0.2) is 0 Å². The van der Waals surface area contributed by atoms with E-state index in [-0.39, 0.29) is 0 Å². The number of rotatable bonds is 3. The molecule has 0 fully saturated rings. The normalized spacial score (nSPS) is 13.0. The van der Waals surface area contributed by atoms with Gasteiger partial charge in [-0.2, -0.15) is 0 Å². The van der Waals surface area contributed by atoms with Crippen molar-refractivity contribution in [2.75, 3.05) is 0 Å². The molecule has 5 heteroatoms. The van der Waals surface area contributed by atoms with E-state index < -0.39 is 6.10 Å². The first-order chi connectivity index (χ1) is 6.36. The Morgan fingerprint density at radius 2 is 2.46 bits per heavy atom. The van der Waals surface area contributed by atoms with Gasteiger partial charge >= 0.3 is 0 Å². The highest BCUT2D eigenvalue weighted by molar-refractivity contribution is 7.07. The second-order valence-electron chi connectivity index (χ2n) is 2.67. The quantitative estimate of drug-likeness (QED) is 0.772. The lowest BCUT2D eigenvalue weighted by Crippen LogP contribution is -2.03. The molecule has 0 aliphatic carbocycles. The molecule has 0 bridgehead atoms. The van der Waals surface area contributed by atoms with E-state index in [4.69, 9.17) is 0 Å². The average molecular weight is 195 g/mol. The minimum absolute atomic E-state index is 0.483. The van der Waals surface area contributed by atoms with Crippen LogP contribution in [0.15, 0.2) is 23.3 Å². The van der Waals surface area contributed by atoms with Crippen LogP contribution in [-0.4, -0.2) is 20.1 Å². The molecule has 2 rings (SSSR count). The Morgan fingerprint density at radius 3 is 3.08 bits per heavy atom. The molecule has 0 aromatic carbocycles. The zero-order valence-corrected chi connectivity index (χ0v) is 7.66. The highest BCUT2D eigenvalue weighted by atomic mass is 32.1. The third-order valence-corrected chi connectivity index (χ3v) is 2.34. The van der Waals surface area contributed by atoms with E-state index in [9.17, 15) is 5.11 Å². The van der Waals surface area contributed by atoms with Gasteiger partial charge in [-0.05, 0) is 0 Å². The molecule has 2 aromatic rings. The Labute approximate surface area is 79.3 Å². The lowest BCUT2D eigenvalue weighted by molar-refractivity contribution is 0.172. The maximum absolute atomic E-state index is 9.67. The SMILES string of the molecule is OC(Cc1ncc[nH]1)c1cscn1. The summed E-state index contributed by atoms with van der Waals surface area (Å²) >= 11 is 1.48. The summed E-state index contributed by atoms with van der Waals surface area (Å²) in [5, 5.41) is 11.5. The molecule has 0 aliphatic rings. The van der Waals surface area contributed by atoms with Crippen molar-refractivity contribution in [1.29, 1.82) is 0 Å². The molecule has 1 unspecified atom stereocenters. The molecule has 2 aromatic heterocycles. The Balaban J connectivity index is 2.04. The molecule has 0 radical (unpaired) electrons. The van der Waals surface area contributed by atoms with Crippen LogP contribution in [0.5, 0.6) is 0 Å². The molecule has 0 saturated carbocycles. The first-order valence-electron chi connectivity index (χ1n) is 3.90. The van der Waals surface area contributed by atoms with E-state index in [0.29, 0.717) is 12.1 Å². The molecular weight excluding hydrogens is 186 g/mol. The highest BCUT2D eigenvalue weighted by Gasteiger charge is 2.11. The molecule has 2 heterocycles. The standard InChI is InChI=1S/C8H9N3OS/c12-7(6-4-13-5-11-6)3-8-9-1-2-10-8/h1-2,4-5,7,12H,3H2,(H,9,10). The van der Waals surface area contributed by atoms with Gasteiger partial charge in [0.05, 0.1) is 11.2 Å². The van der Waals surface area contributed by atoms with Gasteiger partial charge < -0.3 is 10.1 Å². The monoisotopic (exact) mass is 195 g/mol. The van der Waals surface area contributed by atoms with Gasteiger partial charge in [-0.15, -0.1) is 11.3 Å². The van der Waals surface area contributed by atoms with Gasteiger partial charge in [-0.1, -0.05) is 0 Å². The van der Waals surface area contributed by atoms with Crippen LogP contribution in [0.1, 0.15) is 17.6 Å². The summed E-state index contributed by atoms with van der Waals surface area (Å²) in [6.07, 6.45) is 3.33. The number of hydrogen-bond acceptors (Lipinski definition) is 4. The fourth-order valence-electron chi connectivity index (χ4n) is 1.08. The molecular formula is C8H9N3OS. The van der Waals surface area contributed by atoms with Crippen LogP contribution >= 0.6 is 11.3 Å². The third-order valence-electron chi connectivity index (χ3n) is 1.73. The Hall–Kier alpha value is -1.20. The summed E-state index contributed by atoms with van der Waals surface area (Å²) in [4.78, 5) is 11.0. The van der Waals surface area contributed by atoms with Crippen LogP contribution in [0.25, 0.3) is 0 Å². The molecule has 0 aliphatic heterocycles. The summed E-state index contributed by atoms with van der Waals surface area (Å²) in [6.45, 7) is 0. The van der Waals surface area contributed by atoms with Crippen LogP contribution in [0, 0.1) is 0 Å². The largest absolute Gasteiger partial charge is 0.386 e. The number of thiazole rings is 1. The van der Waals surface area contributed by atoms with Crippen molar-refractivity contribution < 1.29 is 5.11 Å². The second kappa shape index (κ2) is 3.68. The number of aliphatic hydroxyl groups excluding tert-OH is 1. The van der Waals surface area contributed by atoms with E-state index >= 15 is 0 Å². The number of hydrogen-bond donors (Lipinski definition) is 2. The molecule has 2 N–H and O–H groups in total. The number of aromatic nitrogens is 3. The van der Waals surface area contributed by atoms with Crippen molar-refractivity contribution in [2.45, 2.75) is 12.5 Å². The van der Waals surface area contributed by atoms with Crippen molar-refractivity contribution in [1.82, 2.24) is 15.0 Å². The van der Waals surface area contributed by atoms with Crippen LogP contribution in [0.3, 0.4) is 0 Å². The number of H-pyrrole nitrogens is 1. The van der Waals surface area contributed by atoms with E-state index in [1.807, 2.05) is 5.38 Å². The highest BCUT2D eigenvalue weighted by Crippen LogP contribution is 2.15. The van der Waals surface area contributed by atoms with Crippen molar-refractivity contribution >= 4 is 11.3 Å². The average Bonchev–Trinajstić information content (AvgIpc) is 2.74. The molecule has 0 amide bonds. The topological polar surface area (TPSA) is 61.8 Å². The Morgan fingerprint density at radius 1 is 1.54 bits per heavy atom. The smallest absolute Gasteiger partial charge is 0.109 e. The van der Waals surface area contributed by atoms with Gasteiger partial charge in [0.2, 0.25) is 0 Å². The van der Waals surface area contributed by atoms with E-state index in [1.54, 1.807) is 17.9 Å². The molecule has 13 heavy (non-hydrogen) atoms. The lowest BCUT2D eigenvalue weighted by Gasteiger charge is -2.04. The Bertz CT molecular complexity index is 343. The second-order valence-corrected chi connectivity index (χ2v) is 3.39.